The molecule has 0 amide bonds. The summed E-state index contributed by atoms with van der Waals surface area (Å²) in [6.07, 6.45) is 0. The SMILES string of the molecule is CNCCOc1nc(C(=NN)c2ccc(C)c(C)c2)cc(N2CCOCC2)n1. The van der Waals surface area contributed by atoms with E-state index in [1.165, 1.54) is 11.1 Å². The summed E-state index contributed by atoms with van der Waals surface area (Å²) in [4.78, 5) is 11.3. The number of rotatable bonds is 7. The molecule has 0 radical (unpaired) electrons. The number of benzene rings is 1. The lowest BCUT2D eigenvalue weighted by Crippen LogP contribution is -2.37. The fourth-order valence-corrected chi connectivity index (χ4v) is 2.97. The molecule has 3 N–H and O–H groups in total. The van der Waals surface area contributed by atoms with Gasteiger partial charge in [-0.05, 0) is 38.1 Å². The largest absolute Gasteiger partial charge is 0.462 e. The fourth-order valence-electron chi connectivity index (χ4n) is 2.97. The molecule has 1 aromatic carbocycles. The van der Waals surface area contributed by atoms with Gasteiger partial charge < -0.3 is 25.5 Å². The third-order valence-corrected chi connectivity index (χ3v) is 4.76. The monoisotopic (exact) mass is 384 g/mol. The molecule has 8 heteroatoms. The number of nitrogens with two attached hydrogens (primary N) is 1. The van der Waals surface area contributed by atoms with Crippen molar-refractivity contribution in [3.63, 3.8) is 0 Å². The van der Waals surface area contributed by atoms with Crippen LogP contribution in [0.4, 0.5) is 5.82 Å². The van der Waals surface area contributed by atoms with Crippen molar-refractivity contribution < 1.29 is 9.47 Å². The Morgan fingerprint density at radius 2 is 2.00 bits per heavy atom. The molecule has 28 heavy (non-hydrogen) atoms. The summed E-state index contributed by atoms with van der Waals surface area (Å²) in [5.74, 6) is 6.56. The fraction of sp³-hybridized carbons (Fsp3) is 0.450. The lowest BCUT2D eigenvalue weighted by molar-refractivity contribution is 0.122. The number of hydrogen-bond acceptors (Lipinski definition) is 8. The summed E-state index contributed by atoms with van der Waals surface area (Å²) in [5, 5.41) is 7.09. The van der Waals surface area contributed by atoms with Crippen molar-refractivity contribution in [2.45, 2.75) is 13.8 Å². The summed E-state index contributed by atoms with van der Waals surface area (Å²) in [7, 11) is 1.87. The van der Waals surface area contributed by atoms with Gasteiger partial charge in [-0.25, -0.2) is 0 Å². The summed E-state index contributed by atoms with van der Waals surface area (Å²) in [5.41, 5.74) is 4.55. The maximum Gasteiger partial charge on any atom is 0.319 e. The van der Waals surface area contributed by atoms with Crippen molar-refractivity contribution >= 4 is 11.5 Å². The van der Waals surface area contributed by atoms with E-state index in [-0.39, 0.29) is 0 Å². The molecule has 0 unspecified atom stereocenters. The molecule has 1 aromatic heterocycles. The lowest BCUT2D eigenvalue weighted by atomic mass is 10.0. The Kier molecular flexibility index (Phi) is 6.78. The topological polar surface area (TPSA) is 97.9 Å². The van der Waals surface area contributed by atoms with Gasteiger partial charge in [-0.1, -0.05) is 12.1 Å². The van der Waals surface area contributed by atoms with Crippen LogP contribution in [-0.4, -0.2) is 62.2 Å². The van der Waals surface area contributed by atoms with Gasteiger partial charge in [-0.3, -0.25) is 0 Å². The Labute approximate surface area is 165 Å². The average molecular weight is 384 g/mol. The number of aromatic nitrogens is 2. The third-order valence-electron chi connectivity index (χ3n) is 4.76. The zero-order valence-electron chi connectivity index (χ0n) is 16.7. The number of anilines is 1. The van der Waals surface area contributed by atoms with Gasteiger partial charge in [0.15, 0.2) is 0 Å². The zero-order chi connectivity index (χ0) is 19.9. The molecule has 0 saturated carbocycles. The van der Waals surface area contributed by atoms with Crippen molar-refractivity contribution in [3.05, 3.63) is 46.6 Å². The molecule has 1 fully saturated rings. The van der Waals surface area contributed by atoms with Crippen LogP contribution in [0.3, 0.4) is 0 Å². The summed E-state index contributed by atoms with van der Waals surface area (Å²) in [6.45, 7) is 8.20. The minimum absolute atomic E-state index is 0.319. The summed E-state index contributed by atoms with van der Waals surface area (Å²) < 4.78 is 11.2. The van der Waals surface area contributed by atoms with Gasteiger partial charge >= 0.3 is 6.01 Å². The van der Waals surface area contributed by atoms with E-state index in [9.17, 15) is 0 Å². The molecule has 8 nitrogen and oxygen atoms in total. The Morgan fingerprint density at radius 1 is 1.21 bits per heavy atom. The average Bonchev–Trinajstić information content (AvgIpc) is 2.72. The first kappa shape index (κ1) is 20.0. The second-order valence-electron chi connectivity index (χ2n) is 6.72. The van der Waals surface area contributed by atoms with E-state index in [2.05, 4.69) is 51.3 Å². The number of nitrogens with one attached hydrogen (secondary N) is 1. The molecule has 0 spiro atoms. The molecule has 3 rings (SSSR count). The van der Waals surface area contributed by atoms with Crippen molar-refractivity contribution in [2.24, 2.45) is 10.9 Å². The quantitative estimate of drug-likeness (QED) is 0.321. The first-order valence-corrected chi connectivity index (χ1v) is 9.47. The Balaban J connectivity index is 1.98. The van der Waals surface area contributed by atoms with Gasteiger partial charge in [0.25, 0.3) is 0 Å². The molecule has 0 aliphatic carbocycles. The molecule has 0 atom stereocenters. The molecule has 150 valence electrons. The molecule has 1 saturated heterocycles. The van der Waals surface area contributed by atoms with Crippen molar-refractivity contribution in [2.75, 3.05) is 51.4 Å². The van der Waals surface area contributed by atoms with Gasteiger partial charge in [-0.15, -0.1) is 0 Å². The molecule has 2 aromatic rings. The highest BCUT2D eigenvalue weighted by molar-refractivity contribution is 6.12. The van der Waals surface area contributed by atoms with Crippen LogP contribution in [0.15, 0.2) is 29.4 Å². The maximum atomic E-state index is 5.77. The van der Waals surface area contributed by atoms with Crippen molar-refractivity contribution in [1.82, 2.24) is 15.3 Å². The lowest BCUT2D eigenvalue weighted by Gasteiger charge is -2.28. The highest BCUT2D eigenvalue weighted by Crippen LogP contribution is 2.21. The number of nitrogens with zero attached hydrogens (tertiary/aromatic N) is 4. The van der Waals surface area contributed by atoms with Gasteiger partial charge in [0.05, 0.1) is 13.2 Å². The van der Waals surface area contributed by atoms with Crippen LogP contribution in [0.25, 0.3) is 0 Å². The Bertz CT molecular complexity index is 833. The van der Waals surface area contributed by atoms with E-state index in [0.29, 0.717) is 43.8 Å². The van der Waals surface area contributed by atoms with E-state index in [0.717, 1.165) is 24.5 Å². The summed E-state index contributed by atoms with van der Waals surface area (Å²) >= 11 is 0. The summed E-state index contributed by atoms with van der Waals surface area (Å²) in [6, 6.07) is 8.37. The third kappa shape index (κ3) is 4.76. The van der Waals surface area contributed by atoms with Crippen LogP contribution >= 0.6 is 0 Å². The Morgan fingerprint density at radius 3 is 2.68 bits per heavy atom. The number of hydrazone groups is 1. The number of morpholine rings is 1. The molecule has 0 bridgehead atoms. The zero-order valence-corrected chi connectivity index (χ0v) is 16.7. The van der Waals surface area contributed by atoms with Crippen LogP contribution in [0.2, 0.25) is 0 Å². The highest BCUT2D eigenvalue weighted by Gasteiger charge is 2.19. The van der Waals surface area contributed by atoms with Gasteiger partial charge in [-0.2, -0.15) is 15.1 Å². The van der Waals surface area contributed by atoms with Crippen molar-refractivity contribution in [3.8, 4) is 6.01 Å². The number of ether oxygens (including phenoxy) is 2. The molecule has 1 aliphatic rings. The predicted molar refractivity (Wildman–Crippen MR) is 110 cm³/mol. The second-order valence-corrected chi connectivity index (χ2v) is 6.72. The van der Waals surface area contributed by atoms with Gasteiger partial charge in [0.2, 0.25) is 0 Å². The number of hydrogen-bond donors (Lipinski definition) is 2. The van der Waals surface area contributed by atoms with Crippen LogP contribution in [-0.2, 0) is 4.74 Å². The van der Waals surface area contributed by atoms with Crippen LogP contribution < -0.4 is 20.8 Å². The van der Waals surface area contributed by atoms with E-state index in [4.69, 9.17) is 15.3 Å². The smallest absolute Gasteiger partial charge is 0.319 e. The van der Waals surface area contributed by atoms with Gasteiger partial charge in [0.1, 0.15) is 23.8 Å². The first-order chi connectivity index (χ1) is 13.6. The number of likely N-dealkylation sites (N-methyl/N-ethyl adjacent to an activating group) is 1. The minimum Gasteiger partial charge on any atom is -0.462 e. The molecular weight excluding hydrogens is 356 g/mol. The Hall–Kier alpha value is -2.71. The minimum atomic E-state index is 0.319. The second kappa shape index (κ2) is 9.48. The number of aryl methyl sites for hydroxylation is 2. The van der Waals surface area contributed by atoms with E-state index in [1.807, 2.05) is 19.2 Å². The predicted octanol–water partition coefficient (Wildman–Crippen LogP) is 1.24. The van der Waals surface area contributed by atoms with E-state index < -0.39 is 0 Å². The normalized spacial score (nSPS) is 15.0. The van der Waals surface area contributed by atoms with Gasteiger partial charge in [0, 0.05) is 31.3 Å². The van der Waals surface area contributed by atoms with E-state index in [1.54, 1.807) is 0 Å². The first-order valence-electron chi connectivity index (χ1n) is 9.47. The molecule has 1 aliphatic heterocycles. The molecular formula is C20H28N6O2. The van der Waals surface area contributed by atoms with Crippen LogP contribution in [0.1, 0.15) is 22.4 Å². The van der Waals surface area contributed by atoms with Crippen LogP contribution in [0.5, 0.6) is 6.01 Å². The van der Waals surface area contributed by atoms with Crippen LogP contribution in [0, 0.1) is 13.8 Å². The standard InChI is InChI=1S/C20H28N6O2/c1-14-4-5-16(12-15(14)2)19(25-21)17-13-18(26-7-10-27-11-8-26)24-20(23-17)28-9-6-22-3/h4-5,12-13,22H,6-11,21H2,1-3H3. The van der Waals surface area contributed by atoms with Crippen molar-refractivity contribution in [1.29, 1.82) is 0 Å². The van der Waals surface area contributed by atoms with E-state index >= 15 is 0 Å². The maximum absolute atomic E-state index is 5.77. The molecule has 2 heterocycles. The highest BCUT2D eigenvalue weighted by atomic mass is 16.5.